The van der Waals surface area contributed by atoms with Gasteiger partial charge in [-0.3, -0.25) is 14.4 Å². The van der Waals surface area contributed by atoms with Crippen LogP contribution < -0.4 is 37.2 Å². The number of carbonyl (C=O) groups is 4. The first-order chi connectivity index (χ1) is 17.8. The molecule has 13 nitrogen and oxygen atoms in total. The molecular weight excluding hydrogens is 480 g/mol. The zero-order valence-electron chi connectivity index (χ0n) is 22.0. The van der Waals surface area contributed by atoms with E-state index in [-0.39, 0.29) is 43.4 Å². The van der Waals surface area contributed by atoms with Crippen molar-refractivity contribution in [1.82, 2.24) is 42.3 Å². The van der Waals surface area contributed by atoms with Crippen LogP contribution in [-0.4, -0.2) is 113 Å². The van der Waals surface area contributed by atoms with Gasteiger partial charge in [-0.2, -0.15) is 0 Å². The fourth-order valence-corrected chi connectivity index (χ4v) is 4.75. The van der Waals surface area contributed by atoms with E-state index < -0.39 is 23.3 Å². The third kappa shape index (κ3) is 9.91. The summed E-state index contributed by atoms with van der Waals surface area (Å²) in [6.07, 6.45) is 0.417. The van der Waals surface area contributed by atoms with Crippen LogP contribution in [0.5, 0.6) is 0 Å². The third-order valence-corrected chi connectivity index (χ3v) is 6.87. The van der Waals surface area contributed by atoms with Gasteiger partial charge < -0.3 is 42.1 Å². The minimum atomic E-state index is -0.695. The average Bonchev–Trinajstić information content (AvgIpc) is 3.17. The summed E-state index contributed by atoms with van der Waals surface area (Å²) in [5.41, 5.74) is -0.452. The molecule has 4 saturated heterocycles. The molecule has 37 heavy (non-hydrogen) atoms. The summed E-state index contributed by atoms with van der Waals surface area (Å²) in [6.45, 7) is 11.5. The fourth-order valence-electron chi connectivity index (χ4n) is 4.75. The number of imide groups is 1. The van der Waals surface area contributed by atoms with Gasteiger partial charge in [0, 0.05) is 110 Å². The van der Waals surface area contributed by atoms with Crippen molar-refractivity contribution in [2.75, 3.05) is 78.5 Å². The number of hydroxylamine groups is 2. The van der Waals surface area contributed by atoms with Crippen molar-refractivity contribution in [3.05, 3.63) is 0 Å². The van der Waals surface area contributed by atoms with Crippen LogP contribution in [0, 0.1) is 5.41 Å². The Morgan fingerprint density at radius 1 is 0.757 bits per heavy atom. The highest BCUT2D eigenvalue weighted by Crippen LogP contribution is 2.14. The Bertz CT molecular complexity index is 736. The summed E-state index contributed by atoms with van der Waals surface area (Å²) in [4.78, 5) is 53.1. The largest absolute Gasteiger partial charge is 0.347 e. The lowest BCUT2D eigenvalue weighted by atomic mass is 9.90. The lowest BCUT2D eigenvalue weighted by Crippen LogP contribution is -2.66. The Morgan fingerprint density at radius 3 is 1.65 bits per heavy atom. The first-order valence-corrected chi connectivity index (χ1v) is 13.4. The summed E-state index contributed by atoms with van der Waals surface area (Å²) in [5.74, 6) is -1.89. The topological polar surface area (TPSA) is 165 Å². The highest BCUT2D eigenvalue weighted by molar-refractivity contribution is 6.01. The van der Waals surface area contributed by atoms with Crippen LogP contribution in [0.1, 0.15) is 39.0 Å². The van der Waals surface area contributed by atoms with E-state index in [0.29, 0.717) is 24.7 Å². The third-order valence-electron chi connectivity index (χ3n) is 6.87. The highest BCUT2D eigenvalue weighted by atomic mass is 16.7. The minimum Gasteiger partial charge on any atom is -0.347 e. The van der Waals surface area contributed by atoms with E-state index in [1.165, 1.54) is 0 Å². The number of nitrogens with one attached hydrogen (secondary N) is 7. The maximum Gasteiger partial charge on any atom is 0.333 e. The molecule has 0 aromatic carbocycles. The van der Waals surface area contributed by atoms with E-state index in [9.17, 15) is 19.2 Å². The fraction of sp³-hybridized carbons (Fsp3) is 0.833. The molecule has 4 aliphatic rings. The first kappa shape index (κ1) is 29.4. The van der Waals surface area contributed by atoms with Gasteiger partial charge in [-0.25, -0.2) is 4.79 Å². The second-order valence-corrected chi connectivity index (χ2v) is 10.6. The molecule has 0 aromatic heterocycles. The Balaban J connectivity index is 1.55. The zero-order valence-corrected chi connectivity index (χ0v) is 22.0. The van der Waals surface area contributed by atoms with E-state index in [1.807, 2.05) is 0 Å². The van der Waals surface area contributed by atoms with Crippen molar-refractivity contribution in [2.45, 2.75) is 44.6 Å². The molecular formula is C24H44N8O5. The van der Waals surface area contributed by atoms with Crippen molar-refractivity contribution in [3.8, 4) is 0 Å². The molecule has 0 unspecified atom stereocenters. The minimum absolute atomic E-state index is 0.0499. The number of carbonyl (C=O) groups excluding carboxylic acids is 4. The number of rotatable bonds is 6. The molecule has 0 radical (unpaired) electrons. The van der Waals surface area contributed by atoms with E-state index in [1.54, 1.807) is 0 Å². The van der Waals surface area contributed by atoms with Crippen molar-refractivity contribution in [2.24, 2.45) is 5.41 Å². The molecule has 0 atom stereocenters. The molecule has 0 aromatic rings. The zero-order chi connectivity index (χ0) is 26.6. The molecule has 4 rings (SSSR count). The van der Waals surface area contributed by atoms with Crippen LogP contribution in [0.3, 0.4) is 0 Å². The predicted octanol–water partition coefficient (Wildman–Crippen LogP) is -2.81. The van der Waals surface area contributed by atoms with Crippen molar-refractivity contribution in [3.63, 3.8) is 0 Å². The Morgan fingerprint density at radius 2 is 1.19 bits per heavy atom. The number of nitrogens with zero attached hydrogens (tertiary/aromatic N) is 1. The van der Waals surface area contributed by atoms with Gasteiger partial charge >= 0.3 is 5.97 Å². The summed E-state index contributed by atoms with van der Waals surface area (Å²) in [5, 5.41) is 24.9. The number of hydrogen-bond donors (Lipinski definition) is 7. The smallest absolute Gasteiger partial charge is 0.333 e. The van der Waals surface area contributed by atoms with Gasteiger partial charge in [0.1, 0.15) is 0 Å². The van der Waals surface area contributed by atoms with Crippen molar-refractivity contribution < 1.29 is 24.0 Å². The van der Waals surface area contributed by atoms with Gasteiger partial charge in [0.2, 0.25) is 5.91 Å². The summed E-state index contributed by atoms with van der Waals surface area (Å²) >= 11 is 0. The molecule has 4 aliphatic heterocycles. The highest BCUT2D eigenvalue weighted by Gasteiger charge is 2.34. The van der Waals surface area contributed by atoms with Gasteiger partial charge in [-0.1, -0.05) is 6.92 Å². The summed E-state index contributed by atoms with van der Waals surface area (Å²) in [7, 11) is 0. The summed E-state index contributed by atoms with van der Waals surface area (Å²) < 4.78 is 0. The van der Waals surface area contributed by atoms with Crippen molar-refractivity contribution in [1.29, 1.82) is 0 Å². The summed E-state index contributed by atoms with van der Waals surface area (Å²) in [6, 6.07) is 0. The van der Waals surface area contributed by atoms with Crippen LogP contribution >= 0.6 is 0 Å². The van der Waals surface area contributed by atoms with E-state index in [4.69, 9.17) is 4.84 Å². The van der Waals surface area contributed by atoms with Gasteiger partial charge in [-0.05, 0) is 6.42 Å². The van der Waals surface area contributed by atoms with Gasteiger partial charge in [0.15, 0.2) is 0 Å². The van der Waals surface area contributed by atoms with Gasteiger partial charge in [0.05, 0.1) is 5.54 Å². The average molecular weight is 525 g/mol. The molecule has 2 bridgehead atoms. The first-order valence-electron chi connectivity index (χ1n) is 13.4. The van der Waals surface area contributed by atoms with E-state index >= 15 is 0 Å². The predicted molar refractivity (Wildman–Crippen MR) is 137 cm³/mol. The van der Waals surface area contributed by atoms with Crippen molar-refractivity contribution >= 4 is 23.7 Å². The molecule has 0 aliphatic carbocycles. The number of amides is 3. The van der Waals surface area contributed by atoms with Crippen LogP contribution in [0.4, 0.5) is 0 Å². The SMILES string of the molecule is CC12CNCCNCC(NC(=O)CCCC(=O)ON3C(=O)CCC3=O)(CNCCNC1)CNCCNC2. The lowest BCUT2D eigenvalue weighted by molar-refractivity contribution is -0.197. The second kappa shape index (κ2) is 14.7. The lowest BCUT2D eigenvalue weighted by Gasteiger charge is -2.37. The normalized spacial score (nSPS) is 28.9. The van der Waals surface area contributed by atoms with Crippen LogP contribution in [-0.2, 0) is 24.0 Å². The van der Waals surface area contributed by atoms with Crippen LogP contribution in [0.25, 0.3) is 0 Å². The Labute approximate surface area is 218 Å². The quantitative estimate of drug-likeness (QED) is 0.179. The molecule has 4 fully saturated rings. The van der Waals surface area contributed by atoms with Crippen LogP contribution in [0.2, 0.25) is 0 Å². The molecule has 13 heteroatoms. The molecule has 0 spiro atoms. The molecule has 210 valence electrons. The second-order valence-electron chi connectivity index (χ2n) is 10.6. The van der Waals surface area contributed by atoms with Crippen LogP contribution in [0.15, 0.2) is 0 Å². The molecule has 3 amide bonds. The van der Waals surface area contributed by atoms with E-state index in [0.717, 1.165) is 58.9 Å². The Hall–Kier alpha value is -2.16. The standard InChI is InChI=1S/C24H44N8O5/c1-23-13-25-7-10-28-16-24(17-29-11-8-26-14-23,18-30-12-9-27-15-23)31-19(33)3-2-4-22(36)37-32-20(34)5-6-21(32)35/h25-30H,2-18H2,1H3,(H,31,33). The Kier molecular flexibility index (Phi) is 11.7. The number of hydrogen-bond acceptors (Lipinski definition) is 11. The monoisotopic (exact) mass is 524 g/mol. The molecule has 0 saturated carbocycles. The molecule has 4 heterocycles. The van der Waals surface area contributed by atoms with Gasteiger partial charge in [0.25, 0.3) is 11.8 Å². The number of fused-ring (bicyclic) bond motifs is 15. The van der Waals surface area contributed by atoms with Gasteiger partial charge in [-0.15, -0.1) is 5.06 Å². The maximum atomic E-state index is 13.0. The van der Waals surface area contributed by atoms with E-state index in [2.05, 4.69) is 44.1 Å². The molecule has 7 N–H and O–H groups in total. The maximum absolute atomic E-state index is 13.0.